The third-order valence-corrected chi connectivity index (χ3v) is 3.42. The molecule has 0 saturated heterocycles. The van der Waals surface area contributed by atoms with E-state index in [4.69, 9.17) is 0 Å². The highest BCUT2D eigenvalue weighted by Crippen LogP contribution is 2.34. The molecule has 1 fully saturated rings. The summed E-state index contributed by atoms with van der Waals surface area (Å²) in [5, 5.41) is 5.04. The van der Waals surface area contributed by atoms with Crippen LogP contribution in [-0.4, -0.2) is 11.4 Å². The largest absolute Gasteiger partial charge is 0.346 e. The van der Waals surface area contributed by atoms with Crippen LogP contribution in [0.2, 0.25) is 0 Å². The van der Waals surface area contributed by atoms with Crippen LogP contribution in [0.1, 0.15) is 35.0 Å². The van der Waals surface area contributed by atoms with Gasteiger partial charge in [-0.25, -0.2) is 0 Å². The highest BCUT2D eigenvalue weighted by molar-refractivity contribution is 7.12. The van der Waals surface area contributed by atoms with E-state index in [-0.39, 0.29) is 11.4 Å². The Hall–Kier alpha value is -0.830. The van der Waals surface area contributed by atoms with Crippen molar-refractivity contribution in [3.63, 3.8) is 0 Å². The SMILES string of the molecule is Cc1csc(C(=O)NC2(C)CC2)c1. The van der Waals surface area contributed by atoms with E-state index in [1.54, 1.807) is 0 Å². The molecular weight excluding hydrogens is 182 g/mol. The van der Waals surface area contributed by atoms with Gasteiger partial charge in [-0.05, 0) is 43.7 Å². The molecule has 70 valence electrons. The zero-order valence-electron chi connectivity index (χ0n) is 7.89. The highest BCUT2D eigenvalue weighted by atomic mass is 32.1. The number of amides is 1. The van der Waals surface area contributed by atoms with E-state index in [0.29, 0.717) is 0 Å². The van der Waals surface area contributed by atoms with Crippen LogP contribution < -0.4 is 5.32 Å². The minimum atomic E-state index is 0.0816. The Morgan fingerprint density at radius 3 is 2.77 bits per heavy atom. The molecule has 1 heterocycles. The average molecular weight is 195 g/mol. The maximum absolute atomic E-state index is 11.6. The van der Waals surface area contributed by atoms with Crippen LogP contribution in [0.4, 0.5) is 0 Å². The molecule has 1 N–H and O–H groups in total. The van der Waals surface area contributed by atoms with Crippen molar-refractivity contribution in [2.24, 2.45) is 0 Å². The fourth-order valence-corrected chi connectivity index (χ4v) is 1.99. The summed E-state index contributed by atoms with van der Waals surface area (Å²) in [6, 6.07) is 1.94. The number of rotatable bonds is 2. The molecule has 13 heavy (non-hydrogen) atoms. The van der Waals surface area contributed by atoms with E-state index in [2.05, 4.69) is 12.2 Å². The van der Waals surface area contributed by atoms with Crippen LogP contribution in [0.15, 0.2) is 11.4 Å². The van der Waals surface area contributed by atoms with Gasteiger partial charge in [0.25, 0.3) is 5.91 Å². The summed E-state index contributed by atoms with van der Waals surface area (Å²) in [6.45, 7) is 4.09. The number of hydrogen-bond donors (Lipinski definition) is 1. The number of thiophene rings is 1. The van der Waals surface area contributed by atoms with Crippen LogP contribution in [-0.2, 0) is 0 Å². The molecule has 1 aromatic rings. The fourth-order valence-electron chi connectivity index (χ4n) is 1.20. The van der Waals surface area contributed by atoms with E-state index in [1.165, 1.54) is 11.3 Å². The fraction of sp³-hybridized carbons (Fsp3) is 0.500. The Morgan fingerprint density at radius 1 is 1.62 bits per heavy atom. The topological polar surface area (TPSA) is 29.1 Å². The molecule has 0 bridgehead atoms. The van der Waals surface area contributed by atoms with Gasteiger partial charge in [-0.15, -0.1) is 11.3 Å². The molecular formula is C10H13NOS. The third-order valence-electron chi connectivity index (χ3n) is 2.37. The van der Waals surface area contributed by atoms with Gasteiger partial charge in [-0.1, -0.05) is 0 Å². The van der Waals surface area contributed by atoms with E-state index in [0.717, 1.165) is 23.3 Å². The molecule has 0 atom stereocenters. The molecule has 0 radical (unpaired) electrons. The minimum absolute atomic E-state index is 0.0816. The first-order valence-corrected chi connectivity index (χ1v) is 5.35. The maximum Gasteiger partial charge on any atom is 0.261 e. The predicted octanol–water partition coefficient (Wildman–Crippen LogP) is 2.34. The second kappa shape index (κ2) is 2.84. The summed E-state index contributed by atoms with van der Waals surface area (Å²) in [7, 11) is 0. The third kappa shape index (κ3) is 1.91. The lowest BCUT2D eigenvalue weighted by Crippen LogP contribution is -2.33. The lowest BCUT2D eigenvalue weighted by atomic mass is 10.3. The Kier molecular flexibility index (Phi) is 1.91. The Bertz CT molecular complexity index is 338. The van der Waals surface area contributed by atoms with Gasteiger partial charge in [-0.2, -0.15) is 0 Å². The van der Waals surface area contributed by atoms with Gasteiger partial charge in [0.15, 0.2) is 0 Å². The summed E-state index contributed by atoms with van der Waals surface area (Å²) >= 11 is 1.51. The zero-order chi connectivity index (χ0) is 9.47. The van der Waals surface area contributed by atoms with Crippen molar-refractivity contribution in [2.45, 2.75) is 32.2 Å². The van der Waals surface area contributed by atoms with Gasteiger partial charge in [0, 0.05) is 5.54 Å². The molecule has 3 heteroatoms. The number of nitrogens with one attached hydrogen (secondary N) is 1. The number of aryl methyl sites for hydroxylation is 1. The molecule has 0 unspecified atom stereocenters. The quantitative estimate of drug-likeness (QED) is 0.771. The van der Waals surface area contributed by atoms with E-state index >= 15 is 0 Å². The van der Waals surface area contributed by atoms with Gasteiger partial charge < -0.3 is 5.32 Å². The van der Waals surface area contributed by atoms with Crippen molar-refractivity contribution >= 4 is 17.2 Å². The maximum atomic E-state index is 11.6. The van der Waals surface area contributed by atoms with Gasteiger partial charge in [-0.3, -0.25) is 4.79 Å². The van der Waals surface area contributed by atoms with E-state index < -0.39 is 0 Å². The van der Waals surface area contributed by atoms with Gasteiger partial charge >= 0.3 is 0 Å². The minimum Gasteiger partial charge on any atom is -0.346 e. The smallest absolute Gasteiger partial charge is 0.261 e. The van der Waals surface area contributed by atoms with Crippen LogP contribution in [0, 0.1) is 6.92 Å². The van der Waals surface area contributed by atoms with E-state index in [1.807, 2.05) is 18.4 Å². The van der Waals surface area contributed by atoms with Crippen molar-refractivity contribution in [1.29, 1.82) is 0 Å². The van der Waals surface area contributed by atoms with Crippen LogP contribution in [0.25, 0.3) is 0 Å². The zero-order valence-corrected chi connectivity index (χ0v) is 8.70. The van der Waals surface area contributed by atoms with Crippen molar-refractivity contribution in [2.75, 3.05) is 0 Å². The summed E-state index contributed by atoms with van der Waals surface area (Å²) in [5.74, 6) is 0.0816. The van der Waals surface area contributed by atoms with Crippen molar-refractivity contribution in [1.82, 2.24) is 5.32 Å². The molecule has 1 aromatic heterocycles. The average Bonchev–Trinajstić information content (AvgIpc) is 2.62. The van der Waals surface area contributed by atoms with Crippen LogP contribution >= 0.6 is 11.3 Å². The van der Waals surface area contributed by atoms with Gasteiger partial charge in [0.1, 0.15) is 0 Å². The molecule has 1 aliphatic rings. The Balaban J connectivity index is 2.05. The van der Waals surface area contributed by atoms with Crippen molar-refractivity contribution in [3.8, 4) is 0 Å². The molecule has 1 saturated carbocycles. The first-order chi connectivity index (χ1) is 6.09. The monoisotopic (exact) mass is 195 g/mol. The van der Waals surface area contributed by atoms with Crippen molar-refractivity contribution < 1.29 is 4.79 Å². The van der Waals surface area contributed by atoms with Crippen molar-refractivity contribution in [3.05, 3.63) is 21.9 Å². The first-order valence-electron chi connectivity index (χ1n) is 4.47. The molecule has 0 spiro atoms. The van der Waals surface area contributed by atoms with E-state index in [9.17, 15) is 4.79 Å². The molecule has 0 aliphatic heterocycles. The lowest BCUT2D eigenvalue weighted by molar-refractivity contribution is 0.0939. The predicted molar refractivity (Wildman–Crippen MR) is 54.2 cm³/mol. The Labute approximate surface area is 82.0 Å². The second-order valence-electron chi connectivity index (χ2n) is 4.00. The van der Waals surface area contributed by atoms with Gasteiger partial charge in [0.05, 0.1) is 4.88 Å². The number of carbonyl (C=O) groups is 1. The molecule has 0 aromatic carbocycles. The number of carbonyl (C=O) groups excluding carboxylic acids is 1. The standard InChI is InChI=1S/C10H13NOS/c1-7-5-8(13-6-7)9(12)11-10(2)3-4-10/h5-6H,3-4H2,1-2H3,(H,11,12). The van der Waals surface area contributed by atoms with Crippen LogP contribution in [0.3, 0.4) is 0 Å². The van der Waals surface area contributed by atoms with Gasteiger partial charge in [0.2, 0.25) is 0 Å². The summed E-state index contributed by atoms with van der Waals surface area (Å²) < 4.78 is 0. The highest BCUT2D eigenvalue weighted by Gasteiger charge is 2.38. The number of hydrogen-bond acceptors (Lipinski definition) is 2. The summed E-state index contributed by atoms with van der Waals surface area (Å²) in [5.41, 5.74) is 1.26. The molecule has 1 amide bonds. The second-order valence-corrected chi connectivity index (χ2v) is 4.91. The summed E-state index contributed by atoms with van der Waals surface area (Å²) in [6.07, 6.45) is 2.23. The van der Waals surface area contributed by atoms with Crippen LogP contribution in [0.5, 0.6) is 0 Å². The lowest BCUT2D eigenvalue weighted by Gasteiger charge is -2.09. The normalized spacial score (nSPS) is 18.3. The Morgan fingerprint density at radius 2 is 2.31 bits per heavy atom. The molecule has 2 nitrogen and oxygen atoms in total. The molecule has 1 aliphatic carbocycles. The first kappa shape index (κ1) is 8.75. The summed E-state index contributed by atoms with van der Waals surface area (Å²) in [4.78, 5) is 12.4. The molecule has 2 rings (SSSR count).